The summed E-state index contributed by atoms with van der Waals surface area (Å²) in [6.07, 6.45) is 5.16. The molecule has 51 valence electrons. The van der Waals surface area contributed by atoms with Crippen LogP contribution in [0.25, 0.3) is 0 Å². The van der Waals surface area contributed by atoms with E-state index < -0.39 is 0 Å². The predicted octanol–water partition coefficient (Wildman–Crippen LogP) is 3.12. The van der Waals surface area contributed by atoms with Crippen LogP contribution in [-0.4, -0.2) is 0 Å². The Morgan fingerprint density at radius 3 is 2.22 bits per heavy atom. The van der Waals surface area contributed by atoms with Crippen LogP contribution < -0.4 is 0 Å². The molecule has 0 spiro atoms. The molecular formula is C9H15. The van der Waals surface area contributed by atoms with E-state index in [1.165, 1.54) is 11.1 Å². The molecular weight excluding hydrogens is 108 g/mol. The standard InChI is InChI=1S/C9H15/c1-5-6-9(4)7-8(2)3/h6-7H,1,5H2,2-4H3. The Labute approximate surface area is 58.3 Å². The molecule has 0 amide bonds. The van der Waals surface area contributed by atoms with Crippen LogP contribution in [0.15, 0.2) is 23.3 Å². The summed E-state index contributed by atoms with van der Waals surface area (Å²) in [5.74, 6) is 0. The molecule has 0 rings (SSSR count). The Morgan fingerprint density at radius 1 is 1.33 bits per heavy atom. The maximum atomic E-state index is 3.73. The van der Waals surface area contributed by atoms with Gasteiger partial charge in [-0.15, -0.1) is 0 Å². The molecule has 0 N–H and O–H groups in total. The molecule has 0 aliphatic heterocycles. The molecule has 0 saturated carbocycles. The summed E-state index contributed by atoms with van der Waals surface area (Å²) in [5, 5.41) is 0. The van der Waals surface area contributed by atoms with E-state index in [-0.39, 0.29) is 0 Å². The van der Waals surface area contributed by atoms with Gasteiger partial charge in [-0.1, -0.05) is 23.3 Å². The number of hydrogen-bond acceptors (Lipinski definition) is 0. The first-order chi connectivity index (χ1) is 4.16. The lowest BCUT2D eigenvalue weighted by Gasteiger charge is -1.90. The van der Waals surface area contributed by atoms with Gasteiger partial charge in [0.15, 0.2) is 0 Å². The van der Waals surface area contributed by atoms with E-state index in [0.717, 1.165) is 6.42 Å². The van der Waals surface area contributed by atoms with Gasteiger partial charge in [-0.2, -0.15) is 0 Å². The van der Waals surface area contributed by atoms with E-state index in [1.54, 1.807) is 0 Å². The number of hydrogen-bond donors (Lipinski definition) is 0. The van der Waals surface area contributed by atoms with Crippen molar-refractivity contribution in [3.63, 3.8) is 0 Å². The van der Waals surface area contributed by atoms with Crippen LogP contribution in [0.4, 0.5) is 0 Å². The van der Waals surface area contributed by atoms with Gasteiger partial charge in [-0.25, -0.2) is 0 Å². The minimum absolute atomic E-state index is 0.885. The zero-order chi connectivity index (χ0) is 7.28. The van der Waals surface area contributed by atoms with E-state index >= 15 is 0 Å². The van der Waals surface area contributed by atoms with Gasteiger partial charge >= 0.3 is 0 Å². The second-order valence-corrected chi connectivity index (χ2v) is 2.46. The molecule has 0 aromatic carbocycles. The highest BCUT2D eigenvalue weighted by Gasteiger charge is 1.79. The molecule has 0 aromatic heterocycles. The normalized spacial score (nSPS) is 11.3. The highest BCUT2D eigenvalue weighted by atomic mass is 13.9. The van der Waals surface area contributed by atoms with E-state index in [1.807, 2.05) is 0 Å². The highest BCUT2D eigenvalue weighted by Crippen LogP contribution is 2.00. The third-order valence-corrected chi connectivity index (χ3v) is 0.983. The zero-order valence-electron chi connectivity index (χ0n) is 6.57. The molecule has 1 radical (unpaired) electrons. The molecule has 0 aliphatic carbocycles. The Balaban J connectivity index is 3.90. The highest BCUT2D eigenvalue weighted by molar-refractivity contribution is 5.19. The molecule has 0 unspecified atom stereocenters. The van der Waals surface area contributed by atoms with Gasteiger partial charge in [0.05, 0.1) is 0 Å². The molecule has 0 atom stereocenters. The predicted molar refractivity (Wildman–Crippen MR) is 43.2 cm³/mol. The van der Waals surface area contributed by atoms with Gasteiger partial charge < -0.3 is 0 Å². The first-order valence-electron chi connectivity index (χ1n) is 3.27. The molecule has 0 aliphatic rings. The van der Waals surface area contributed by atoms with Crippen LogP contribution in [0.2, 0.25) is 0 Å². The fourth-order valence-corrected chi connectivity index (χ4v) is 0.742. The smallest absolute Gasteiger partial charge is 0.0345 e. The van der Waals surface area contributed by atoms with E-state index in [4.69, 9.17) is 0 Å². The topological polar surface area (TPSA) is 0 Å². The van der Waals surface area contributed by atoms with Gasteiger partial charge in [0.25, 0.3) is 0 Å². The summed E-state index contributed by atoms with van der Waals surface area (Å²) in [7, 11) is 0. The molecule has 0 heterocycles. The van der Waals surface area contributed by atoms with Gasteiger partial charge in [-0.05, 0) is 34.1 Å². The first kappa shape index (κ1) is 8.48. The quantitative estimate of drug-likeness (QED) is 0.495. The van der Waals surface area contributed by atoms with Crippen molar-refractivity contribution in [2.75, 3.05) is 0 Å². The SMILES string of the molecule is [CH2]CC=C(C)C=C(C)C. The maximum absolute atomic E-state index is 3.73. The lowest BCUT2D eigenvalue weighted by Crippen LogP contribution is -1.69. The molecule has 0 aromatic rings. The molecule has 0 nitrogen and oxygen atoms in total. The molecule has 0 bridgehead atoms. The van der Waals surface area contributed by atoms with Crippen LogP contribution in [0, 0.1) is 6.92 Å². The Morgan fingerprint density at radius 2 is 1.89 bits per heavy atom. The third kappa shape index (κ3) is 5.35. The van der Waals surface area contributed by atoms with Crippen molar-refractivity contribution in [1.82, 2.24) is 0 Å². The monoisotopic (exact) mass is 123 g/mol. The van der Waals surface area contributed by atoms with E-state index in [9.17, 15) is 0 Å². The third-order valence-electron chi connectivity index (χ3n) is 0.983. The molecule has 9 heavy (non-hydrogen) atoms. The largest absolute Gasteiger partial charge is 0.0816 e. The summed E-state index contributed by atoms with van der Waals surface area (Å²) in [4.78, 5) is 0. The Bertz CT molecular complexity index is 123. The molecule has 0 fully saturated rings. The minimum atomic E-state index is 0.885. The van der Waals surface area contributed by atoms with E-state index in [0.29, 0.717) is 0 Å². The van der Waals surface area contributed by atoms with Crippen molar-refractivity contribution in [1.29, 1.82) is 0 Å². The summed E-state index contributed by atoms with van der Waals surface area (Å²) < 4.78 is 0. The van der Waals surface area contributed by atoms with Crippen molar-refractivity contribution in [3.05, 3.63) is 30.2 Å². The second-order valence-electron chi connectivity index (χ2n) is 2.46. The summed E-state index contributed by atoms with van der Waals surface area (Å²) in [6.45, 7) is 10.0. The van der Waals surface area contributed by atoms with Crippen molar-refractivity contribution in [2.45, 2.75) is 27.2 Å². The zero-order valence-corrected chi connectivity index (χ0v) is 6.57. The van der Waals surface area contributed by atoms with Gasteiger partial charge in [-0.3, -0.25) is 0 Å². The number of allylic oxidation sites excluding steroid dienone is 4. The lowest BCUT2D eigenvalue weighted by atomic mass is 10.2. The van der Waals surface area contributed by atoms with Crippen LogP contribution in [0.1, 0.15) is 27.2 Å². The summed E-state index contributed by atoms with van der Waals surface area (Å²) in [6, 6.07) is 0. The Hall–Kier alpha value is -0.520. The first-order valence-corrected chi connectivity index (χ1v) is 3.27. The van der Waals surface area contributed by atoms with Gasteiger partial charge in [0, 0.05) is 0 Å². The molecule has 0 heteroatoms. The van der Waals surface area contributed by atoms with Crippen molar-refractivity contribution < 1.29 is 0 Å². The Kier molecular flexibility index (Phi) is 4.12. The van der Waals surface area contributed by atoms with Crippen molar-refractivity contribution >= 4 is 0 Å². The summed E-state index contributed by atoms with van der Waals surface area (Å²) >= 11 is 0. The average Bonchev–Trinajstić information content (AvgIpc) is 1.63. The second kappa shape index (κ2) is 4.37. The van der Waals surface area contributed by atoms with Crippen LogP contribution in [0.3, 0.4) is 0 Å². The van der Waals surface area contributed by atoms with Crippen LogP contribution in [0.5, 0.6) is 0 Å². The molecule has 0 saturated heterocycles. The van der Waals surface area contributed by atoms with Crippen molar-refractivity contribution in [3.8, 4) is 0 Å². The number of rotatable bonds is 2. The summed E-state index contributed by atoms with van der Waals surface area (Å²) in [5.41, 5.74) is 2.65. The fraction of sp³-hybridized carbons (Fsp3) is 0.444. The minimum Gasteiger partial charge on any atom is -0.0816 e. The van der Waals surface area contributed by atoms with Crippen LogP contribution in [-0.2, 0) is 0 Å². The van der Waals surface area contributed by atoms with E-state index in [2.05, 4.69) is 39.8 Å². The van der Waals surface area contributed by atoms with Gasteiger partial charge in [0.1, 0.15) is 0 Å². The van der Waals surface area contributed by atoms with Gasteiger partial charge in [0.2, 0.25) is 0 Å². The average molecular weight is 123 g/mol. The van der Waals surface area contributed by atoms with Crippen LogP contribution >= 0.6 is 0 Å². The van der Waals surface area contributed by atoms with Crippen molar-refractivity contribution in [2.24, 2.45) is 0 Å². The fourth-order valence-electron chi connectivity index (χ4n) is 0.742. The maximum Gasteiger partial charge on any atom is -0.0345 e. The lowest BCUT2D eigenvalue weighted by molar-refractivity contribution is 1.30.